The first-order chi connectivity index (χ1) is 12.7. The lowest BCUT2D eigenvalue weighted by atomic mass is 9.39. The Morgan fingerprint density at radius 2 is 1.70 bits per heavy atom. The molecule has 0 amide bonds. The average Bonchev–Trinajstić information content (AvgIpc) is 2.94. The molecule has 4 fully saturated rings. The fourth-order valence-corrected chi connectivity index (χ4v) is 9.73. The fraction of sp³-hybridized carbons (Fsp3) is 1.00. The van der Waals surface area contributed by atoms with Gasteiger partial charge in [-0.3, -0.25) is 0 Å². The molecule has 10 atom stereocenters. The van der Waals surface area contributed by atoms with Crippen molar-refractivity contribution in [3.8, 4) is 0 Å². The summed E-state index contributed by atoms with van der Waals surface area (Å²) in [6.45, 7) is 15.4. The van der Waals surface area contributed by atoms with Gasteiger partial charge in [-0.25, -0.2) is 0 Å². The van der Waals surface area contributed by atoms with Crippen LogP contribution in [-0.2, 0) is 0 Å². The van der Waals surface area contributed by atoms with Crippen molar-refractivity contribution >= 4 is 0 Å². The third kappa shape index (κ3) is 2.80. The highest BCUT2D eigenvalue weighted by molar-refractivity contribution is 5.15. The number of hydrogen-bond acceptors (Lipinski definition) is 1. The second kappa shape index (κ2) is 6.75. The third-order valence-corrected chi connectivity index (χ3v) is 11.2. The molecule has 4 aliphatic rings. The molecule has 0 aromatic rings. The zero-order valence-electron chi connectivity index (χ0n) is 19.2. The van der Waals surface area contributed by atoms with E-state index in [9.17, 15) is 0 Å². The monoisotopic (exact) mass is 373 g/mol. The van der Waals surface area contributed by atoms with Gasteiger partial charge in [-0.15, -0.1) is 0 Å². The maximum atomic E-state index is 7.08. The van der Waals surface area contributed by atoms with Crippen LogP contribution in [0.4, 0.5) is 0 Å². The number of hydrogen-bond donors (Lipinski definition) is 1. The van der Waals surface area contributed by atoms with Crippen LogP contribution in [0.3, 0.4) is 0 Å². The molecule has 1 nitrogen and oxygen atoms in total. The summed E-state index contributed by atoms with van der Waals surface area (Å²) in [5.41, 5.74) is 8.66. The van der Waals surface area contributed by atoms with Gasteiger partial charge in [0.25, 0.3) is 0 Å². The van der Waals surface area contributed by atoms with E-state index in [1.54, 1.807) is 0 Å². The molecule has 4 saturated carbocycles. The van der Waals surface area contributed by atoms with Crippen molar-refractivity contribution in [2.75, 3.05) is 0 Å². The zero-order chi connectivity index (χ0) is 19.6. The predicted octanol–water partition coefficient (Wildman–Crippen LogP) is 7.04. The van der Waals surface area contributed by atoms with E-state index >= 15 is 0 Å². The average molecular weight is 374 g/mol. The molecular weight excluding hydrogens is 326 g/mol. The Balaban J connectivity index is 1.64. The Kier molecular flexibility index (Phi) is 5.06. The lowest BCUT2D eigenvalue weighted by Gasteiger charge is -2.67. The maximum absolute atomic E-state index is 7.08. The normalized spacial score (nSPS) is 56.1. The molecule has 156 valence electrons. The summed E-state index contributed by atoms with van der Waals surface area (Å²) in [6.07, 6.45) is 14.2. The van der Waals surface area contributed by atoms with Gasteiger partial charge in [0.1, 0.15) is 0 Å². The topological polar surface area (TPSA) is 26.0 Å². The van der Waals surface area contributed by atoms with Gasteiger partial charge in [-0.1, -0.05) is 60.8 Å². The number of nitrogens with two attached hydrogens (primary N) is 1. The third-order valence-electron chi connectivity index (χ3n) is 11.2. The molecule has 2 N–H and O–H groups in total. The Hall–Kier alpha value is -0.0400. The van der Waals surface area contributed by atoms with Crippen molar-refractivity contribution in [2.45, 2.75) is 112 Å². The highest BCUT2D eigenvalue weighted by Gasteiger charge is 2.65. The summed E-state index contributed by atoms with van der Waals surface area (Å²) in [7, 11) is 0. The van der Waals surface area contributed by atoms with E-state index in [0.29, 0.717) is 22.3 Å². The number of fused-ring (bicyclic) bond motifs is 5. The molecule has 0 heterocycles. The highest BCUT2D eigenvalue weighted by atomic mass is 14.8. The van der Waals surface area contributed by atoms with Crippen molar-refractivity contribution in [1.82, 2.24) is 0 Å². The smallest absolute Gasteiger partial charge is 0.00782 e. The van der Waals surface area contributed by atoms with Gasteiger partial charge in [0.05, 0.1) is 0 Å². The first-order valence-corrected chi connectivity index (χ1v) is 12.4. The quantitative estimate of drug-likeness (QED) is 0.564. The molecule has 4 rings (SSSR count). The second-order valence-corrected chi connectivity index (χ2v) is 12.5. The van der Waals surface area contributed by atoms with Gasteiger partial charge in [0.2, 0.25) is 0 Å². The van der Waals surface area contributed by atoms with Crippen LogP contribution in [-0.4, -0.2) is 6.04 Å². The second-order valence-electron chi connectivity index (χ2n) is 12.5. The van der Waals surface area contributed by atoms with E-state index in [-0.39, 0.29) is 0 Å². The molecule has 0 aromatic carbocycles. The lowest BCUT2D eigenvalue weighted by Crippen LogP contribution is -2.63. The molecule has 4 aliphatic carbocycles. The molecule has 0 aromatic heterocycles. The summed E-state index contributed by atoms with van der Waals surface area (Å²) in [5.74, 6) is 5.33. The molecule has 1 heteroatoms. The number of rotatable bonds is 3. The van der Waals surface area contributed by atoms with E-state index in [1.807, 2.05) is 0 Å². The zero-order valence-corrected chi connectivity index (χ0v) is 19.2. The maximum Gasteiger partial charge on any atom is 0.00782 e. The summed E-state index contributed by atoms with van der Waals surface area (Å²) in [4.78, 5) is 0. The Morgan fingerprint density at radius 3 is 2.41 bits per heavy atom. The molecule has 0 aliphatic heterocycles. The van der Waals surface area contributed by atoms with E-state index in [4.69, 9.17) is 5.73 Å². The minimum absolute atomic E-state index is 0.447. The van der Waals surface area contributed by atoms with Crippen LogP contribution in [0.25, 0.3) is 0 Å². The van der Waals surface area contributed by atoms with Crippen molar-refractivity contribution in [3.05, 3.63) is 0 Å². The Morgan fingerprint density at radius 1 is 0.963 bits per heavy atom. The van der Waals surface area contributed by atoms with Gasteiger partial charge in [0.15, 0.2) is 0 Å². The highest BCUT2D eigenvalue weighted by Crippen LogP contribution is 2.71. The van der Waals surface area contributed by atoms with Gasteiger partial charge in [0, 0.05) is 6.04 Å². The van der Waals surface area contributed by atoms with E-state index < -0.39 is 0 Å². The van der Waals surface area contributed by atoms with Crippen LogP contribution in [0.5, 0.6) is 0 Å². The van der Waals surface area contributed by atoms with Gasteiger partial charge in [-0.05, 0) is 96.7 Å². The summed E-state index contributed by atoms with van der Waals surface area (Å²) in [5, 5.41) is 0. The van der Waals surface area contributed by atoms with E-state index in [1.165, 1.54) is 64.2 Å². The molecule has 0 radical (unpaired) electrons. The fourth-order valence-electron chi connectivity index (χ4n) is 9.73. The predicted molar refractivity (Wildman–Crippen MR) is 116 cm³/mol. The van der Waals surface area contributed by atoms with Crippen LogP contribution < -0.4 is 5.73 Å². The van der Waals surface area contributed by atoms with Crippen LogP contribution in [0.2, 0.25) is 0 Å². The van der Waals surface area contributed by atoms with Crippen LogP contribution >= 0.6 is 0 Å². The summed E-state index contributed by atoms with van der Waals surface area (Å²) in [6, 6.07) is 0.447. The molecule has 10 unspecified atom stereocenters. The van der Waals surface area contributed by atoms with Crippen LogP contribution in [0, 0.1) is 51.8 Å². The van der Waals surface area contributed by atoms with Crippen molar-refractivity contribution in [1.29, 1.82) is 0 Å². The molecule has 0 saturated heterocycles. The molecule has 0 spiro atoms. The molecule has 27 heavy (non-hydrogen) atoms. The first-order valence-electron chi connectivity index (χ1n) is 12.4. The van der Waals surface area contributed by atoms with E-state index in [0.717, 1.165) is 35.5 Å². The van der Waals surface area contributed by atoms with Crippen LogP contribution in [0.15, 0.2) is 0 Å². The first kappa shape index (κ1) is 20.2. The van der Waals surface area contributed by atoms with Crippen LogP contribution in [0.1, 0.15) is 106 Å². The molecular formula is C26H47N. The largest absolute Gasteiger partial charge is 0.327 e. The summed E-state index contributed by atoms with van der Waals surface area (Å²) >= 11 is 0. The van der Waals surface area contributed by atoms with E-state index in [2.05, 4.69) is 41.5 Å². The van der Waals surface area contributed by atoms with Gasteiger partial charge < -0.3 is 5.73 Å². The van der Waals surface area contributed by atoms with Gasteiger partial charge >= 0.3 is 0 Å². The summed E-state index contributed by atoms with van der Waals surface area (Å²) < 4.78 is 0. The Bertz CT molecular complexity index is 556. The Labute approximate surface area is 169 Å². The van der Waals surface area contributed by atoms with Crippen molar-refractivity contribution in [3.63, 3.8) is 0 Å². The minimum Gasteiger partial charge on any atom is -0.327 e. The standard InChI is InChI=1S/C26H47N/c1-7-8-18(3)19-9-10-20-23-21(12-13-25(19,20)5)26(6)14-11-17(2)15-24(26,4)16-22(23)27/h17-23H,7-16,27H2,1-6H3. The minimum atomic E-state index is 0.447. The van der Waals surface area contributed by atoms with Crippen molar-refractivity contribution in [2.24, 2.45) is 57.5 Å². The van der Waals surface area contributed by atoms with Crippen molar-refractivity contribution < 1.29 is 0 Å². The van der Waals surface area contributed by atoms with Gasteiger partial charge in [-0.2, -0.15) is 0 Å². The SMILES string of the molecule is CCCC(C)C1CCC2C3C(N)CC4(C)CC(C)CCC4(C)C3CCC12C. The lowest BCUT2D eigenvalue weighted by molar-refractivity contribution is -0.169. The molecule has 0 bridgehead atoms.